The van der Waals surface area contributed by atoms with Crippen molar-refractivity contribution in [3.05, 3.63) is 24.4 Å². The van der Waals surface area contributed by atoms with Gasteiger partial charge in [0.2, 0.25) is 17.7 Å². The van der Waals surface area contributed by atoms with Crippen molar-refractivity contribution >= 4 is 55.3 Å². The van der Waals surface area contributed by atoms with Gasteiger partial charge in [0.05, 0.1) is 11.2 Å². The smallest absolute Gasteiger partial charge is 0.267 e. The quantitative estimate of drug-likeness (QED) is 0.241. The van der Waals surface area contributed by atoms with Crippen LogP contribution in [0.5, 0.6) is 0 Å². The molecular formula is C17H19N3O7S3. The first-order chi connectivity index (χ1) is 14.2. The number of pyridine rings is 1. The number of hydrazine groups is 1. The molecule has 0 bridgehead atoms. The number of aromatic nitrogens is 1. The van der Waals surface area contributed by atoms with Crippen molar-refractivity contribution in [1.82, 2.24) is 15.0 Å². The lowest BCUT2D eigenvalue weighted by atomic mass is 10.0. The van der Waals surface area contributed by atoms with E-state index in [4.69, 9.17) is 0 Å². The van der Waals surface area contributed by atoms with Gasteiger partial charge in [0, 0.05) is 31.2 Å². The van der Waals surface area contributed by atoms with Crippen LogP contribution in [0, 0.1) is 5.92 Å². The number of hydrogen-bond donors (Lipinski definition) is 1. The number of rotatable bonds is 9. The Morgan fingerprint density at radius 3 is 2.40 bits per heavy atom. The number of amides is 4. The van der Waals surface area contributed by atoms with Crippen molar-refractivity contribution in [2.45, 2.75) is 42.4 Å². The van der Waals surface area contributed by atoms with Gasteiger partial charge < -0.3 is 0 Å². The largest absolute Gasteiger partial charge is 0.285 e. The Morgan fingerprint density at radius 2 is 1.80 bits per heavy atom. The van der Waals surface area contributed by atoms with Gasteiger partial charge in [-0.05, 0) is 35.8 Å². The van der Waals surface area contributed by atoms with Crippen molar-refractivity contribution < 1.29 is 32.1 Å². The zero-order valence-corrected chi connectivity index (χ0v) is 18.1. The van der Waals surface area contributed by atoms with Crippen LogP contribution < -0.4 is 0 Å². The second-order valence-electron chi connectivity index (χ2n) is 6.78. The van der Waals surface area contributed by atoms with Gasteiger partial charge in [0.1, 0.15) is 5.03 Å². The Kier molecular flexibility index (Phi) is 7.16. The summed E-state index contributed by atoms with van der Waals surface area (Å²) in [5.74, 6) is -3.49. The highest BCUT2D eigenvalue weighted by molar-refractivity contribution is 8.76. The molecule has 0 aliphatic carbocycles. The molecule has 2 atom stereocenters. The van der Waals surface area contributed by atoms with Crippen LogP contribution in [0.1, 0.15) is 32.1 Å². The molecule has 1 aromatic heterocycles. The number of carbonyl (C=O) groups is 4. The zero-order chi connectivity index (χ0) is 21.9. The van der Waals surface area contributed by atoms with E-state index in [9.17, 15) is 32.1 Å². The van der Waals surface area contributed by atoms with Gasteiger partial charge >= 0.3 is 0 Å². The fourth-order valence-electron chi connectivity index (χ4n) is 3.25. The van der Waals surface area contributed by atoms with Crippen LogP contribution in [0.2, 0.25) is 0 Å². The Morgan fingerprint density at radius 1 is 1.10 bits per heavy atom. The average molecular weight is 474 g/mol. The second kappa shape index (κ2) is 9.45. The van der Waals surface area contributed by atoms with Crippen LogP contribution in [0.4, 0.5) is 0 Å². The SMILES string of the molecule is O=C1CCC(=O)N1N1C(=O)CC(CC(CCSSc2ccccn2)S(=O)(=O)O)C1=O. The van der Waals surface area contributed by atoms with Crippen LogP contribution >= 0.6 is 21.6 Å². The van der Waals surface area contributed by atoms with E-state index in [2.05, 4.69) is 4.98 Å². The van der Waals surface area contributed by atoms with Crippen LogP contribution in [-0.4, -0.2) is 62.6 Å². The van der Waals surface area contributed by atoms with Crippen molar-refractivity contribution in [1.29, 1.82) is 0 Å². The van der Waals surface area contributed by atoms with Crippen molar-refractivity contribution in [3.63, 3.8) is 0 Å². The molecule has 0 saturated carbocycles. The highest BCUT2D eigenvalue weighted by Crippen LogP contribution is 2.33. The number of nitrogens with zero attached hydrogens (tertiary/aromatic N) is 3. The Bertz CT molecular complexity index is 939. The molecule has 2 saturated heterocycles. The first kappa shape index (κ1) is 22.7. The van der Waals surface area contributed by atoms with E-state index in [0.29, 0.717) is 15.8 Å². The Balaban J connectivity index is 1.61. The molecule has 2 aliphatic heterocycles. The Hall–Kier alpha value is -1.96. The predicted molar refractivity (Wildman–Crippen MR) is 108 cm³/mol. The summed E-state index contributed by atoms with van der Waals surface area (Å²) in [5, 5.41) is 0.570. The molecule has 0 aromatic carbocycles. The summed E-state index contributed by atoms with van der Waals surface area (Å²) in [4.78, 5) is 52.7. The lowest BCUT2D eigenvalue weighted by Crippen LogP contribution is -2.49. The fraction of sp³-hybridized carbons (Fsp3) is 0.471. The average Bonchev–Trinajstić information content (AvgIpc) is 3.15. The summed E-state index contributed by atoms with van der Waals surface area (Å²) >= 11 is 0. The molecule has 1 aromatic rings. The minimum absolute atomic E-state index is 0.0584. The summed E-state index contributed by atoms with van der Waals surface area (Å²) in [5.41, 5.74) is 0. The van der Waals surface area contributed by atoms with E-state index in [0.717, 1.165) is 5.03 Å². The highest BCUT2D eigenvalue weighted by Gasteiger charge is 2.48. The van der Waals surface area contributed by atoms with E-state index in [1.165, 1.54) is 21.6 Å². The minimum atomic E-state index is -4.46. The zero-order valence-electron chi connectivity index (χ0n) is 15.7. The molecule has 10 nitrogen and oxygen atoms in total. The maximum absolute atomic E-state index is 12.6. The third-order valence-electron chi connectivity index (χ3n) is 4.71. The molecule has 1 N–H and O–H groups in total. The summed E-state index contributed by atoms with van der Waals surface area (Å²) < 4.78 is 33.2. The van der Waals surface area contributed by atoms with Crippen molar-refractivity contribution in [3.8, 4) is 0 Å². The summed E-state index contributed by atoms with van der Waals surface area (Å²) in [6.45, 7) is 0. The molecule has 3 rings (SSSR count). The molecule has 3 heterocycles. The molecular weight excluding hydrogens is 454 g/mol. The molecule has 0 radical (unpaired) electrons. The molecule has 0 spiro atoms. The monoisotopic (exact) mass is 473 g/mol. The van der Waals surface area contributed by atoms with Gasteiger partial charge in [-0.2, -0.15) is 18.4 Å². The van der Waals surface area contributed by atoms with Gasteiger partial charge in [0.25, 0.3) is 16.0 Å². The normalized spacial score (nSPS) is 21.0. The maximum Gasteiger partial charge on any atom is 0.267 e. The van der Waals surface area contributed by atoms with Gasteiger partial charge in [-0.25, -0.2) is 4.98 Å². The second-order valence-corrected chi connectivity index (χ2v) is 10.9. The van der Waals surface area contributed by atoms with E-state index in [1.54, 1.807) is 18.3 Å². The van der Waals surface area contributed by atoms with Gasteiger partial charge in [-0.1, -0.05) is 16.9 Å². The standard InChI is InChI=1S/C17H19N3O7S3/c21-14-4-5-15(22)19(14)20-16(23)10-11(17(20)24)9-12(30(25,26)27)6-8-28-29-13-3-1-2-7-18-13/h1-3,7,11-12H,4-6,8-10H2,(H,25,26,27). The Labute approximate surface area is 180 Å². The topological polar surface area (TPSA) is 142 Å². The van der Waals surface area contributed by atoms with E-state index < -0.39 is 44.9 Å². The van der Waals surface area contributed by atoms with E-state index >= 15 is 0 Å². The number of hydrogen-bond acceptors (Lipinski definition) is 9. The molecule has 13 heteroatoms. The molecule has 2 fully saturated rings. The first-order valence-electron chi connectivity index (χ1n) is 9.07. The summed E-state index contributed by atoms with van der Waals surface area (Å²) in [6.07, 6.45) is 0.929. The fourth-order valence-corrected chi connectivity index (χ4v) is 6.31. The molecule has 2 unspecified atom stereocenters. The maximum atomic E-state index is 12.6. The van der Waals surface area contributed by atoms with E-state index in [1.807, 2.05) is 6.07 Å². The van der Waals surface area contributed by atoms with Crippen LogP contribution in [0.25, 0.3) is 0 Å². The van der Waals surface area contributed by atoms with Crippen LogP contribution in [0.3, 0.4) is 0 Å². The predicted octanol–water partition coefficient (Wildman–Crippen LogP) is 1.30. The van der Waals surface area contributed by atoms with Crippen LogP contribution in [-0.2, 0) is 29.3 Å². The molecule has 162 valence electrons. The lowest BCUT2D eigenvalue weighted by molar-refractivity contribution is -0.172. The van der Waals surface area contributed by atoms with Gasteiger partial charge in [0.15, 0.2) is 0 Å². The molecule has 4 amide bonds. The molecule has 30 heavy (non-hydrogen) atoms. The molecule has 2 aliphatic rings. The van der Waals surface area contributed by atoms with Crippen molar-refractivity contribution in [2.24, 2.45) is 5.92 Å². The van der Waals surface area contributed by atoms with Gasteiger partial charge in [-0.3, -0.25) is 23.7 Å². The summed E-state index contributed by atoms with van der Waals surface area (Å²) in [7, 11) is -1.76. The lowest BCUT2D eigenvalue weighted by Gasteiger charge is -2.24. The van der Waals surface area contributed by atoms with Crippen LogP contribution in [0.15, 0.2) is 29.4 Å². The minimum Gasteiger partial charge on any atom is -0.285 e. The number of carbonyl (C=O) groups excluding carboxylic acids is 4. The van der Waals surface area contributed by atoms with Gasteiger partial charge in [-0.15, -0.1) is 0 Å². The number of imide groups is 2. The highest BCUT2D eigenvalue weighted by atomic mass is 33.1. The van der Waals surface area contributed by atoms with Crippen molar-refractivity contribution in [2.75, 3.05) is 5.75 Å². The third-order valence-corrected chi connectivity index (χ3v) is 8.28. The summed E-state index contributed by atoms with van der Waals surface area (Å²) in [6, 6.07) is 5.40. The first-order valence-corrected chi connectivity index (χ1v) is 12.9. The third kappa shape index (κ3) is 5.20. The van der Waals surface area contributed by atoms with E-state index in [-0.39, 0.29) is 32.1 Å².